The van der Waals surface area contributed by atoms with E-state index in [1.165, 1.54) is 0 Å². The minimum atomic E-state index is -1.20. The van der Waals surface area contributed by atoms with Crippen LogP contribution in [0.3, 0.4) is 0 Å². The summed E-state index contributed by atoms with van der Waals surface area (Å²) in [6, 6.07) is 13.5. The molecule has 9 heteroatoms. The molecule has 2 aromatic carbocycles. The maximum absolute atomic E-state index is 14.2. The van der Waals surface area contributed by atoms with Crippen LogP contribution in [0.25, 0.3) is 0 Å². The summed E-state index contributed by atoms with van der Waals surface area (Å²) in [5.41, 5.74) is 0.389. The van der Waals surface area contributed by atoms with E-state index in [1.807, 2.05) is 36.4 Å². The lowest BCUT2D eigenvalue weighted by Crippen LogP contribution is -2.58. The second kappa shape index (κ2) is 11.1. The molecule has 1 saturated carbocycles. The standard InChI is InChI=1S/C32H35Cl2N3O4/c1-18-4-3-5-24(19(18)2)36-30(39)28-32-16-14-25(41-32)26(29(38)35-23-12-10-22(34)11-13-23)27(32)31(40)37(28)17-15-20-6-8-21(33)9-7-20/h6-14,16,18-19,24-28H,3-5,15,17H2,1-2H3,(H,35,38)(H,36,39). The molecule has 3 amide bonds. The van der Waals surface area contributed by atoms with Gasteiger partial charge in [-0.25, -0.2) is 0 Å². The van der Waals surface area contributed by atoms with Crippen molar-refractivity contribution in [1.29, 1.82) is 0 Å². The Balaban J connectivity index is 1.29. The van der Waals surface area contributed by atoms with E-state index in [9.17, 15) is 14.4 Å². The number of likely N-dealkylation sites (tertiary alicyclic amines) is 1. The van der Waals surface area contributed by atoms with Crippen molar-refractivity contribution in [3.05, 3.63) is 76.3 Å². The first-order valence-corrected chi connectivity index (χ1v) is 15.2. The highest BCUT2D eigenvalue weighted by atomic mass is 35.5. The van der Waals surface area contributed by atoms with E-state index in [0.717, 1.165) is 24.8 Å². The van der Waals surface area contributed by atoms with Crippen LogP contribution in [0.1, 0.15) is 38.7 Å². The van der Waals surface area contributed by atoms with Crippen molar-refractivity contribution in [2.24, 2.45) is 23.7 Å². The molecule has 1 aliphatic carbocycles. The molecule has 216 valence electrons. The molecule has 1 spiro atoms. The van der Waals surface area contributed by atoms with Crippen molar-refractivity contribution in [2.45, 2.75) is 63.3 Å². The summed E-state index contributed by atoms with van der Waals surface area (Å²) in [5, 5.41) is 7.43. The number of amides is 3. The Bertz CT molecular complexity index is 1360. The summed E-state index contributed by atoms with van der Waals surface area (Å²) < 4.78 is 6.48. The molecule has 3 aliphatic heterocycles. The molecule has 0 aromatic heterocycles. The van der Waals surface area contributed by atoms with Gasteiger partial charge in [-0.3, -0.25) is 14.4 Å². The molecule has 6 rings (SSSR count). The monoisotopic (exact) mass is 595 g/mol. The van der Waals surface area contributed by atoms with Crippen molar-refractivity contribution in [1.82, 2.24) is 10.2 Å². The molecule has 8 unspecified atom stereocenters. The number of nitrogens with one attached hydrogen (secondary N) is 2. The summed E-state index contributed by atoms with van der Waals surface area (Å²) in [6.45, 7) is 4.73. The topological polar surface area (TPSA) is 87.7 Å². The molecule has 8 atom stereocenters. The number of hydrogen-bond acceptors (Lipinski definition) is 4. The van der Waals surface area contributed by atoms with Gasteiger partial charge in [0, 0.05) is 28.3 Å². The average molecular weight is 597 g/mol. The van der Waals surface area contributed by atoms with Crippen LogP contribution in [0.4, 0.5) is 5.69 Å². The predicted molar refractivity (Wildman–Crippen MR) is 159 cm³/mol. The number of benzene rings is 2. The number of ether oxygens (including phenoxy) is 1. The number of nitrogens with zero attached hydrogens (tertiary/aromatic N) is 1. The van der Waals surface area contributed by atoms with E-state index in [1.54, 1.807) is 29.2 Å². The van der Waals surface area contributed by atoms with Crippen LogP contribution in [0.15, 0.2) is 60.7 Å². The first-order chi connectivity index (χ1) is 19.7. The number of carbonyl (C=O) groups is 3. The number of hydrogen-bond donors (Lipinski definition) is 2. The molecule has 2 bridgehead atoms. The maximum atomic E-state index is 14.2. The Morgan fingerprint density at radius 3 is 2.39 bits per heavy atom. The first kappa shape index (κ1) is 28.3. The molecule has 3 heterocycles. The van der Waals surface area contributed by atoms with Crippen LogP contribution < -0.4 is 10.6 Å². The largest absolute Gasteiger partial charge is 0.359 e. The summed E-state index contributed by atoms with van der Waals surface area (Å²) in [6.07, 6.45) is 6.76. The van der Waals surface area contributed by atoms with E-state index in [4.69, 9.17) is 27.9 Å². The number of fused-ring (bicyclic) bond motifs is 1. The Hall–Kier alpha value is -2.87. The van der Waals surface area contributed by atoms with E-state index < -0.39 is 29.6 Å². The third kappa shape index (κ3) is 5.06. The summed E-state index contributed by atoms with van der Waals surface area (Å²) in [4.78, 5) is 43.6. The Morgan fingerprint density at radius 1 is 1.00 bits per heavy atom. The molecule has 2 aromatic rings. The Labute approximate surface area is 250 Å². The van der Waals surface area contributed by atoms with Crippen molar-refractivity contribution in [3.8, 4) is 0 Å². The van der Waals surface area contributed by atoms with Crippen LogP contribution in [-0.2, 0) is 25.5 Å². The molecule has 7 nitrogen and oxygen atoms in total. The highest BCUT2D eigenvalue weighted by molar-refractivity contribution is 6.30. The van der Waals surface area contributed by atoms with Gasteiger partial charge in [0.25, 0.3) is 0 Å². The Kier molecular flexibility index (Phi) is 7.64. The number of anilines is 1. The third-order valence-corrected chi connectivity index (χ3v) is 10.1. The summed E-state index contributed by atoms with van der Waals surface area (Å²) >= 11 is 12.1. The van der Waals surface area contributed by atoms with Crippen LogP contribution in [0.5, 0.6) is 0 Å². The van der Waals surface area contributed by atoms with Crippen LogP contribution in [-0.4, -0.2) is 53.0 Å². The summed E-state index contributed by atoms with van der Waals surface area (Å²) in [7, 11) is 0. The fourth-order valence-electron chi connectivity index (χ4n) is 7.21. The van der Waals surface area contributed by atoms with Gasteiger partial charge < -0.3 is 20.3 Å². The van der Waals surface area contributed by atoms with Gasteiger partial charge in [0.1, 0.15) is 11.6 Å². The summed E-state index contributed by atoms with van der Waals surface area (Å²) in [5.74, 6) is -1.48. The second-order valence-corrected chi connectivity index (χ2v) is 12.9. The first-order valence-electron chi connectivity index (χ1n) is 14.5. The zero-order chi connectivity index (χ0) is 28.9. The van der Waals surface area contributed by atoms with Gasteiger partial charge in [0.2, 0.25) is 17.7 Å². The fraction of sp³-hybridized carbons (Fsp3) is 0.469. The lowest BCUT2D eigenvalue weighted by atomic mass is 9.73. The smallest absolute Gasteiger partial charge is 0.246 e. The van der Waals surface area contributed by atoms with Gasteiger partial charge in [-0.15, -0.1) is 0 Å². The van der Waals surface area contributed by atoms with Crippen molar-refractivity contribution < 1.29 is 19.1 Å². The molecule has 2 saturated heterocycles. The van der Waals surface area contributed by atoms with Crippen LogP contribution in [0.2, 0.25) is 10.0 Å². The minimum absolute atomic E-state index is 0.0292. The second-order valence-electron chi connectivity index (χ2n) is 12.0. The van der Waals surface area contributed by atoms with Gasteiger partial charge in [0.15, 0.2) is 0 Å². The third-order valence-electron chi connectivity index (χ3n) is 9.63. The fourth-order valence-corrected chi connectivity index (χ4v) is 7.47. The zero-order valence-corrected chi connectivity index (χ0v) is 24.7. The van der Waals surface area contributed by atoms with E-state index in [-0.39, 0.29) is 23.8 Å². The minimum Gasteiger partial charge on any atom is -0.359 e. The van der Waals surface area contributed by atoms with Crippen molar-refractivity contribution in [3.63, 3.8) is 0 Å². The molecule has 2 N–H and O–H groups in total. The van der Waals surface area contributed by atoms with Crippen molar-refractivity contribution in [2.75, 3.05) is 11.9 Å². The van der Waals surface area contributed by atoms with E-state index in [2.05, 4.69) is 24.5 Å². The highest BCUT2D eigenvalue weighted by Crippen LogP contribution is 2.55. The predicted octanol–water partition coefficient (Wildman–Crippen LogP) is 5.27. The number of carbonyl (C=O) groups excluding carboxylic acids is 3. The van der Waals surface area contributed by atoms with Gasteiger partial charge in [-0.1, -0.05) is 74.2 Å². The lowest BCUT2D eigenvalue weighted by Gasteiger charge is -2.38. The molecule has 41 heavy (non-hydrogen) atoms. The van der Waals surface area contributed by atoms with E-state index >= 15 is 0 Å². The quantitative estimate of drug-likeness (QED) is 0.427. The van der Waals surface area contributed by atoms with Crippen LogP contribution in [0, 0.1) is 23.7 Å². The Morgan fingerprint density at radius 2 is 1.68 bits per heavy atom. The van der Waals surface area contributed by atoms with Gasteiger partial charge in [-0.05, 0) is 66.6 Å². The molecular weight excluding hydrogens is 561 g/mol. The maximum Gasteiger partial charge on any atom is 0.246 e. The molecule has 4 aliphatic rings. The lowest BCUT2D eigenvalue weighted by molar-refractivity contribution is -0.141. The molecular formula is C32H35Cl2N3O4. The molecule has 3 fully saturated rings. The number of halogens is 2. The SMILES string of the molecule is CC1CCCC(NC(=O)C2N(CCc3ccc(Cl)cc3)C(=O)C3C(C(=O)Nc4ccc(Cl)cc4)C4C=CC32O4)C1C. The van der Waals surface area contributed by atoms with Gasteiger partial charge >= 0.3 is 0 Å². The van der Waals surface area contributed by atoms with Crippen LogP contribution >= 0.6 is 23.2 Å². The number of rotatable bonds is 7. The van der Waals surface area contributed by atoms with Gasteiger partial charge in [-0.2, -0.15) is 0 Å². The van der Waals surface area contributed by atoms with Gasteiger partial charge in [0.05, 0.1) is 17.9 Å². The van der Waals surface area contributed by atoms with E-state index in [0.29, 0.717) is 40.5 Å². The molecule has 0 radical (unpaired) electrons. The zero-order valence-electron chi connectivity index (χ0n) is 23.2. The van der Waals surface area contributed by atoms with Crippen molar-refractivity contribution >= 4 is 46.6 Å². The normalized spacial score (nSPS) is 33.6. The average Bonchev–Trinajstić information content (AvgIpc) is 3.59. The highest BCUT2D eigenvalue weighted by Gasteiger charge is 2.72.